The number of anilines is 1. The van der Waals surface area contributed by atoms with Crippen molar-refractivity contribution in [3.63, 3.8) is 0 Å². The van der Waals surface area contributed by atoms with Crippen molar-refractivity contribution < 1.29 is 9.26 Å². The summed E-state index contributed by atoms with van der Waals surface area (Å²) in [5.74, 6) is 3.40. The number of likely N-dealkylation sites (tertiary alicyclic amines) is 1. The lowest BCUT2D eigenvalue weighted by molar-refractivity contribution is 0.0304. The van der Waals surface area contributed by atoms with Crippen molar-refractivity contribution in [3.8, 4) is 11.4 Å². The first kappa shape index (κ1) is 19.1. The summed E-state index contributed by atoms with van der Waals surface area (Å²) in [5.41, 5.74) is 0.869. The fraction of sp³-hybridized carbons (Fsp3) is 0.455. The lowest BCUT2D eigenvalue weighted by atomic mass is 9.77. The molecule has 5 rings (SSSR count). The van der Waals surface area contributed by atoms with Crippen LogP contribution >= 0.6 is 0 Å². The first-order valence-electron chi connectivity index (χ1n) is 10.4. The maximum absolute atomic E-state index is 5.83. The highest BCUT2D eigenvalue weighted by atomic mass is 16.5. The van der Waals surface area contributed by atoms with E-state index in [0.29, 0.717) is 30.1 Å². The van der Waals surface area contributed by atoms with E-state index in [2.05, 4.69) is 30.3 Å². The second kappa shape index (κ2) is 8.49. The maximum atomic E-state index is 5.83. The summed E-state index contributed by atoms with van der Waals surface area (Å²) in [4.78, 5) is 15.5. The molecule has 1 N–H and O–H groups in total. The number of aromatic nitrogens is 4. The molecule has 0 unspecified atom stereocenters. The summed E-state index contributed by atoms with van der Waals surface area (Å²) in [6.45, 7) is 2.74. The Morgan fingerprint density at radius 3 is 2.80 bits per heavy atom. The molecule has 2 fully saturated rings. The van der Waals surface area contributed by atoms with Crippen LogP contribution in [0, 0.1) is 11.8 Å². The molecule has 3 aromatic rings. The molecule has 0 spiro atoms. The fourth-order valence-electron chi connectivity index (χ4n) is 4.81. The van der Waals surface area contributed by atoms with Crippen LogP contribution in [0.25, 0.3) is 11.4 Å². The molecule has 3 aromatic heterocycles. The Morgan fingerprint density at radius 2 is 2.03 bits per heavy atom. The predicted octanol–water partition coefficient (Wildman–Crippen LogP) is 2.86. The van der Waals surface area contributed by atoms with E-state index < -0.39 is 0 Å². The van der Waals surface area contributed by atoms with Crippen LogP contribution in [0.4, 0.5) is 5.82 Å². The summed E-state index contributed by atoms with van der Waals surface area (Å²) in [7, 11) is 1.81. The number of pyridine rings is 2. The van der Waals surface area contributed by atoms with E-state index in [1.807, 2.05) is 43.6 Å². The van der Waals surface area contributed by atoms with Gasteiger partial charge in [-0.2, -0.15) is 4.98 Å². The zero-order valence-corrected chi connectivity index (χ0v) is 17.0. The van der Waals surface area contributed by atoms with Crippen LogP contribution in [0.5, 0.6) is 0 Å². The van der Waals surface area contributed by atoms with Gasteiger partial charge >= 0.3 is 0 Å². The topological polar surface area (TPSA) is 89.2 Å². The third-order valence-electron chi connectivity index (χ3n) is 6.24. The standard InChI is InChI=1S/C22H26N6O2/c1-29-19-10-17-13-28(12-16(17)9-18(19)25-20-6-2-3-8-24-20)14-21-26-22(27-30-21)15-5-4-7-23-11-15/h2-8,11,16-19H,9-10,12-14H2,1H3,(H,24,25)/t16-,17+,18-,19-/m1/s1. The first-order chi connectivity index (χ1) is 14.8. The third kappa shape index (κ3) is 4.06. The number of rotatable bonds is 6. The molecule has 0 aromatic carbocycles. The number of ether oxygens (including phenoxy) is 1. The number of nitrogens with one attached hydrogen (secondary N) is 1. The highest BCUT2D eigenvalue weighted by Gasteiger charge is 2.42. The molecule has 0 amide bonds. The molecule has 0 bridgehead atoms. The van der Waals surface area contributed by atoms with Crippen molar-refractivity contribution in [1.29, 1.82) is 0 Å². The van der Waals surface area contributed by atoms with Crippen LogP contribution in [0.1, 0.15) is 18.7 Å². The van der Waals surface area contributed by atoms with Crippen molar-refractivity contribution in [2.24, 2.45) is 11.8 Å². The monoisotopic (exact) mass is 406 g/mol. The average Bonchev–Trinajstić information content (AvgIpc) is 3.41. The fourth-order valence-corrected chi connectivity index (χ4v) is 4.81. The zero-order chi connectivity index (χ0) is 20.3. The summed E-state index contributed by atoms with van der Waals surface area (Å²) in [6.07, 6.45) is 7.61. The quantitative estimate of drug-likeness (QED) is 0.668. The molecule has 1 saturated heterocycles. The molecule has 1 saturated carbocycles. The van der Waals surface area contributed by atoms with Gasteiger partial charge in [-0.05, 0) is 48.9 Å². The van der Waals surface area contributed by atoms with Crippen molar-refractivity contribution in [2.45, 2.75) is 31.5 Å². The van der Waals surface area contributed by atoms with E-state index >= 15 is 0 Å². The summed E-state index contributed by atoms with van der Waals surface area (Å²) in [6, 6.07) is 10.0. The zero-order valence-electron chi connectivity index (χ0n) is 17.0. The SMILES string of the molecule is CO[C@@H]1C[C@H]2CN(Cc3nc(-c4cccnc4)no3)C[C@H]2C[C@H]1Nc1ccccn1. The Bertz CT molecular complexity index is 951. The molecule has 8 heteroatoms. The van der Waals surface area contributed by atoms with Crippen molar-refractivity contribution in [2.75, 3.05) is 25.5 Å². The van der Waals surface area contributed by atoms with Gasteiger partial charge in [0.1, 0.15) is 5.82 Å². The Labute approximate surface area is 175 Å². The van der Waals surface area contributed by atoms with E-state index in [1.165, 1.54) is 0 Å². The van der Waals surface area contributed by atoms with Gasteiger partial charge in [0.15, 0.2) is 0 Å². The van der Waals surface area contributed by atoms with Gasteiger partial charge in [-0.3, -0.25) is 9.88 Å². The summed E-state index contributed by atoms with van der Waals surface area (Å²) >= 11 is 0. The van der Waals surface area contributed by atoms with Crippen molar-refractivity contribution in [3.05, 3.63) is 54.8 Å². The van der Waals surface area contributed by atoms with E-state index in [9.17, 15) is 0 Å². The van der Waals surface area contributed by atoms with Crippen LogP contribution in [-0.4, -0.2) is 57.4 Å². The van der Waals surface area contributed by atoms with Gasteiger partial charge in [-0.25, -0.2) is 4.98 Å². The third-order valence-corrected chi connectivity index (χ3v) is 6.24. The smallest absolute Gasteiger partial charge is 0.241 e. The minimum absolute atomic E-state index is 0.189. The van der Waals surface area contributed by atoms with Gasteiger partial charge in [0.25, 0.3) is 0 Å². The van der Waals surface area contributed by atoms with Crippen LogP contribution in [0.2, 0.25) is 0 Å². The molecule has 4 heterocycles. The minimum atomic E-state index is 0.189. The van der Waals surface area contributed by atoms with Gasteiger partial charge in [-0.1, -0.05) is 11.2 Å². The van der Waals surface area contributed by atoms with Crippen molar-refractivity contribution >= 4 is 5.82 Å². The molecule has 1 aliphatic heterocycles. The lowest BCUT2D eigenvalue weighted by Gasteiger charge is -2.37. The highest BCUT2D eigenvalue weighted by Crippen LogP contribution is 2.38. The Kier molecular flexibility index (Phi) is 5.42. The molecule has 2 aliphatic rings. The molecular weight excluding hydrogens is 380 g/mol. The molecule has 1 aliphatic carbocycles. The number of hydrogen-bond acceptors (Lipinski definition) is 8. The van der Waals surface area contributed by atoms with Crippen LogP contribution in [-0.2, 0) is 11.3 Å². The average molecular weight is 406 g/mol. The molecule has 4 atom stereocenters. The van der Waals surface area contributed by atoms with E-state index in [4.69, 9.17) is 9.26 Å². The molecule has 8 nitrogen and oxygen atoms in total. The Morgan fingerprint density at radius 1 is 1.13 bits per heavy atom. The highest BCUT2D eigenvalue weighted by molar-refractivity contribution is 5.51. The second-order valence-electron chi connectivity index (χ2n) is 8.18. The maximum Gasteiger partial charge on any atom is 0.241 e. The van der Waals surface area contributed by atoms with E-state index in [0.717, 1.165) is 37.3 Å². The van der Waals surface area contributed by atoms with E-state index in [1.54, 1.807) is 12.4 Å². The first-order valence-corrected chi connectivity index (χ1v) is 10.4. The summed E-state index contributed by atoms with van der Waals surface area (Å²) in [5, 5.41) is 7.69. The van der Waals surface area contributed by atoms with E-state index in [-0.39, 0.29) is 12.1 Å². The number of fused-ring (bicyclic) bond motifs is 1. The largest absolute Gasteiger partial charge is 0.379 e. The normalized spacial score (nSPS) is 26.4. The molecule has 0 radical (unpaired) electrons. The Hall–Kier alpha value is -2.84. The number of hydrogen-bond donors (Lipinski definition) is 1. The van der Waals surface area contributed by atoms with Gasteiger partial charge in [0.05, 0.1) is 18.7 Å². The molecule has 30 heavy (non-hydrogen) atoms. The van der Waals surface area contributed by atoms with Crippen molar-refractivity contribution in [1.82, 2.24) is 25.0 Å². The van der Waals surface area contributed by atoms with Crippen LogP contribution in [0.15, 0.2) is 53.4 Å². The number of methoxy groups -OCH3 is 1. The lowest BCUT2D eigenvalue weighted by Crippen LogP contribution is -2.44. The molecule has 156 valence electrons. The van der Waals surface area contributed by atoms with Crippen LogP contribution < -0.4 is 5.32 Å². The predicted molar refractivity (Wildman–Crippen MR) is 111 cm³/mol. The van der Waals surface area contributed by atoms with Gasteiger partial charge in [0, 0.05) is 44.4 Å². The molecular formula is C22H26N6O2. The second-order valence-corrected chi connectivity index (χ2v) is 8.18. The van der Waals surface area contributed by atoms with Gasteiger partial charge < -0.3 is 14.6 Å². The van der Waals surface area contributed by atoms with Gasteiger partial charge in [-0.15, -0.1) is 0 Å². The summed E-state index contributed by atoms with van der Waals surface area (Å²) < 4.78 is 11.3. The van der Waals surface area contributed by atoms with Crippen LogP contribution in [0.3, 0.4) is 0 Å². The van der Waals surface area contributed by atoms with Gasteiger partial charge in [0.2, 0.25) is 11.7 Å². The number of nitrogens with zero attached hydrogens (tertiary/aromatic N) is 5. The Balaban J connectivity index is 1.22. The minimum Gasteiger partial charge on any atom is -0.379 e.